The Bertz CT molecular complexity index is 942. The van der Waals surface area contributed by atoms with Crippen LogP contribution in [0.5, 0.6) is 0 Å². The number of carbonyl (C=O) groups excluding carboxylic acids is 1. The van der Waals surface area contributed by atoms with Crippen LogP contribution in [0.25, 0.3) is 16.8 Å². The number of hydrogen-bond donors (Lipinski definition) is 1. The third-order valence-electron chi connectivity index (χ3n) is 4.60. The standard InChI is InChI=1S/C20H24N4O/c1-6-13(3)22-20(25)17-11-21-19-18(14(4)23-24(19)15(17)5)16-9-7-8-12(2)10-16/h7-11,13H,6H2,1-5H3,(H,22,25)/t13-/m1/s1. The van der Waals surface area contributed by atoms with E-state index in [1.807, 2.05) is 33.8 Å². The highest BCUT2D eigenvalue weighted by molar-refractivity contribution is 5.95. The molecule has 3 rings (SSSR count). The predicted molar refractivity (Wildman–Crippen MR) is 99.9 cm³/mol. The number of aryl methyl sites for hydroxylation is 3. The van der Waals surface area contributed by atoms with Crippen molar-refractivity contribution < 1.29 is 4.79 Å². The second-order valence-corrected chi connectivity index (χ2v) is 6.61. The number of hydrogen-bond acceptors (Lipinski definition) is 3. The Morgan fingerprint density at radius 1 is 1.28 bits per heavy atom. The van der Waals surface area contributed by atoms with Gasteiger partial charge in [0.15, 0.2) is 5.65 Å². The molecule has 2 heterocycles. The Hall–Kier alpha value is -2.69. The molecule has 0 bridgehead atoms. The van der Waals surface area contributed by atoms with Gasteiger partial charge in [0.25, 0.3) is 5.91 Å². The van der Waals surface area contributed by atoms with E-state index < -0.39 is 0 Å². The second kappa shape index (κ2) is 6.67. The maximum absolute atomic E-state index is 12.5. The number of nitrogens with zero attached hydrogens (tertiary/aromatic N) is 3. The molecule has 3 aromatic rings. The molecule has 5 nitrogen and oxygen atoms in total. The Morgan fingerprint density at radius 3 is 2.72 bits per heavy atom. The lowest BCUT2D eigenvalue weighted by Crippen LogP contribution is -2.32. The number of aromatic nitrogens is 3. The van der Waals surface area contributed by atoms with Crippen molar-refractivity contribution in [2.45, 2.75) is 47.1 Å². The number of benzene rings is 1. The van der Waals surface area contributed by atoms with Gasteiger partial charge in [-0.3, -0.25) is 4.79 Å². The molecule has 0 radical (unpaired) electrons. The van der Waals surface area contributed by atoms with Gasteiger partial charge >= 0.3 is 0 Å². The lowest BCUT2D eigenvalue weighted by Gasteiger charge is -2.13. The summed E-state index contributed by atoms with van der Waals surface area (Å²) in [6.07, 6.45) is 2.54. The molecule has 0 aliphatic heterocycles. The van der Waals surface area contributed by atoms with Crippen molar-refractivity contribution in [3.05, 3.63) is 53.0 Å². The summed E-state index contributed by atoms with van der Waals surface area (Å²) < 4.78 is 1.78. The summed E-state index contributed by atoms with van der Waals surface area (Å²) in [7, 11) is 0. The smallest absolute Gasteiger partial charge is 0.254 e. The maximum Gasteiger partial charge on any atom is 0.254 e. The van der Waals surface area contributed by atoms with Crippen LogP contribution in [0.4, 0.5) is 0 Å². The van der Waals surface area contributed by atoms with Crippen LogP contribution in [0.15, 0.2) is 30.5 Å². The summed E-state index contributed by atoms with van der Waals surface area (Å²) in [5.74, 6) is -0.105. The molecular weight excluding hydrogens is 312 g/mol. The van der Waals surface area contributed by atoms with Gasteiger partial charge in [-0.1, -0.05) is 36.8 Å². The average molecular weight is 336 g/mol. The van der Waals surface area contributed by atoms with E-state index in [4.69, 9.17) is 0 Å². The maximum atomic E-state index is 12.5. The molecule has 0 fully saturated rings. The number of amides is 1. The van der Waals surface area contributed by atoms with Gasteiger partial charge in [-0.25, -0.2) is 9.50 Å². The molecule has 0 spiro atoms. The first kappa shape index (κ1) is 17.1. The molecule has 25 heavy (non-hydrogen) atoms. The van der Waals surface area contributed by atoms with Crippen molar-refractivity contribution in [1.29, 1.82) is 0 Å². The highest BCUT2D eigenvalue weighted by atomic mass is 16.1. The summed E-state index contributed by atoms with van der Waals surface area (Å²) in [5, 5.41) is 7.63. The minimum atomic E-state index is -0.105. The van der Waals surface area contributed by atoms with Crippen LogP contribution in [-0.4, -0.2) is 26.5 Å². The van der Waals surface area contributed by atoms with Crippen molar-refractivity contribution in [3.8, 4) is 11.1 Å². The highest BCUT2D eigenvalue weighted by Crippen LogP contribution is 2.28. The monoisotopic (exact) mass is 336 g/mol. The summed E-state index contributed by atoms with van der Waals surface area (Å²) >= 11 is 0. The van der Waals surface area contributed by atoms with Crippen LogP contribution in [0.3, 0.4) is 0 Å². The molecule has 0 unspecified atom stereocenters. The van der Waals surface area contributed by atoms with Gasteiger partial charge in [-0.2, -0.15) is 5.10 Å². The molecule has 130 valence electrons. The molecule has 0 saturated heterocycles. The van der Waals surface area contributed by atoms with Gasteiger partial charge in [0.05, 0.1) is 17.0 Å². The van der Waals surface area contributed by atoms with Gasteiger partial charge in [0, 0.05) is 17.8 Å². The first-order chi connectivity index (χ1) is 11.9. The Balaban J connectivity index is 2.11. The lowest BCUT2D eigenvalue weighted by molar-refractivity contribution is 0.0937. The normalized spacial score (nSPS) is 12.4. The number of rotatable bonds is 4. The molecule has 1 N–H and O–H groups in total. The molecule has 1 amide bonds. The van der Waals surface area contributed by atoms with E-state index in [9.17, 15) is 4.79 Å². The van der Waals surface area contributed by atoms with Gasteiger partial charge < -0.3 is 5.32 Å². The molecular formula is C20H24N4O. The van der Waals surface area contributed by atoms with Gasteiger partial charge in [0.1, 0.15) is 0 Å². The van der Waals surface area contributed by atoms with Crippen molar-refractivity contribution in [2.24, 2.45) is 0 Å². The molecule has 1 atom stereocenters. The molecule has 2 aromatic heterocycles. The zero-order valence-electron chi connectivity index (χ0n) is 15.4. The number of nitrogens with one attached hydrogen (secondary N) is 1. The fourth-order valence-electron chi connectivity index (χ4n) is 2.97. The van der Waals surface area contributed by atoms with Gasteiger partial charge in [-0.05, 0) is 39.7 Å². The van der Waals surface area contributed by atoms with E-state index in [1.54, 1.807) is 10.7 Å². The minimum Gasteiger partial charge on any atom is -0.349 e. The van der Waals surface area contributed by atoms with Crippen molar-refractivity contribution >= 4 is 11.6 Å². The number of fused-ring (bicyclic) bond motifs is 1. The molecule has 0 aliphatic carbocycles. The summed E-state index contributed by atoms with van der Waals surface area (Å²) in [6.45, 7) is 10.00. The summed E-state index contributed by atoms with van der Waals surface area (Å²) in [4.78, 5) is 17.1. The topological polar surface area (TPSA) is 59.3 Å². The lowest BCUT2D eigenvalue weighted by atomic mass is 10.0. The van der Waals surface area contributed by atoms with E-state index >= 15 is 0 Å². The molecule has 0 saturated carbocycles. The van der Waals surface area contributed by atoms with Crippen molar-refractivity contribution in [3.63, 3.8) is 0 Å². The van der Waals surface area contributed by atoms with Gasteiger partial charge in [0.2, 0.25) is 0 Å². The van der Waals surface area contributed by atoms with Crippen LogP contribution in [0, 0.1) is 20.8 Å². The number of carbonyl (C=O) groups is 1. The first-order valence-electron chi connectivity index (χ1n) is 8.65. The second-order valence-electron chi connectivity index (χ2n) is 6.61. The minimum absolute atomic E-state index is 0.105. The largest absolute Gasteiger partial charge is 0.349 e. The zero-order valence-corrected chi connectivity index (χ0v) is 15.4. The zero-order chi connectivity index (χ0) is 18.1. The van der Waals surface area contributed by atoms with E-state index in [0.717, 1.165) is 34.6 Å². The highest BCUT2D eigenvalue weighted by Gasteiger charge is 2.19. The molecule has 0 aliphatic rings. The first-order valence-corrected chi connectivity index (χ1v) is 8.65. The predicted octanol–water partition coefficient (Wildman–Crippen LogP) is 3.85. The van der Waals surface area contributed by atoms with E-state index in [-0.39, 0.29) is 11.9 Å². The third kappa shape index (κ3) is 3.14. The fraction of sp³-hybridized carbons (Fsp3) is 0.350. The fourth-order valence-corrected chi connectivity index (χ4v) is 2.97. The van der Waals surface area contributed by atoms with Crippen LogP contribution in [0.1, 0.15) is 47.6 Å². The molecule has 1 aromatic carbocycles. The van der Waals surface area contributed by atoms with E-state index in [1.165, 1.54) is 5.56 Å². The van der Waals surface area contributed by atoms with Crippen LogP contribution in [-0.2, 0) is 0 Å². The summed E-state index contributed by atoms with van der Waals surface area (Å²) in [6, 6.07) is 8.43. The van der Waals surface area contributed by atoms with E-state index in [2.05, 4.69) is 40.5 Å². The van der Waals surface area contributed by atoms with Crippen LogP contribution in [0.2, 0.25) is 0 Å². The van der Waals surface area contributed by atoms with Gasteiger partial charge in [-0.15, -0.1) is 0 Å². The third-order valence-corrected chi connectivity index (χ3v) is 4.60. The van der Waals surface area contributed by atoms with E-state index in [0.29, 0.717) is 5.56 Å². The Labute approximate surface area is 148 Å². The Morgan fingerprint density at radius 2 is 2.04 bits per heavy atom. The summed E-state index contributed by atoms with van der Waals surface area (Å²) in [5.41, 5.74) is 6.34. The molecule has 5 heteroatoms. The van der Waals surface area contributed by atoms with Crippen LogP contribution < -0.4 is 5.32 Å². The van der Waals surface area contributed by atoms with Crippen molar-refractivity contribution in [2.75, 3.05) is 0 Å². The van der Waals surface area contributed by atoms with Crippen molar-refractivity contribution in [1.82, 2.24) is 19.9 Å². The SMILES string of the molecule is CC[C@@H](C)NC(=O)c1cnc2c(-c3cccc(C)c3)c(C)nn2c1C. The quantitative estimate of drug-likeness (QED) is 0.787. The average Bonchev–Trinajstić information content (AvgIpc) is 2.92. The van der Waals surface area contributed by atoms with Crippen LogP contribution >= 0.6 is 0 Å². The Kier molecular flexibility index (Phi) is 4.57.